The van der Waals surface area contributed by atoms with Crippen LogP contribution in [0, 0.1) is 0 Å². The molecule has 0 aliphatic rings. The highest BCUT2D eigenvalue weighted by Gasteiger charge is 2.41. The first-order chi connectivity index (χ1) is 15.5. The quantitative estimate of drug-likeness (QED) is 0.489. The van der Waals surface area contributed by atoms with E-state index in [9.17, 15) is 23.1 Å². The van der Waals surface area contributed by atoms with Crippen molar-refractivity contribution in [3.8, 4) is 0 Å². The fraction of sp³-hybridized carbons (Fsp3) is 0.240. The third-order valence-electron chi connectivity index (χ3n) is 5.36. The molecule has 1 atom stereocenters. The van der Waals surface area contributed by atoms with E-state index in [4.69, 9.17) is 11.6 Å². The predicted molar refractivity (Wildman–Crippen MR) is 122 cm³/mol. The summed E-state index contributed by atoms with van der Waals surface area (Å²) in [6.45, 7) is 0.417. The van der Waals surface area contributed by atoms with Gasteiger partial charge in [-0.3, -0.25) is 4.79 Å². The summed E-state index contributed by atoms with van der Waals surface area (Å²) in [5, 5.41) is 15.2. The fourth-order valence-electron chi connectivity index (χ4n) is 3.85. The number of halogens is 4. The van der Waals surface area contributed by atoms with Crippen molar-refractivity contribution in [2.75, 3.05) is 21.1 Å². The molecule has 0 aromatic heterocycles. The van der Waals surface area contributed by atoms with Crippen molar-refractivity contribution in [1.29, 1.82) is 0 Å². The molecule has 0 aliphatic heterocycles. The van der Waals surface area contributed by atoms with Crippen LogP contribution in [0.25, 0.3) is 0 Å². The van der Waals surface area contributed by atoms with Crippen LogP contribution >= 0.6 is 11.6 Å². The van der Waals surface area contributed by atoms with Crippen LogP contribution in [0.2, 0.25) is 5.02 Å². The molecule has 0 saturated heterocycles. The summed E-state index contributed by atoms with van der Waals surface area (Å²) < 4.78 is 41.0. The van der Waals surface area contributed by atoms with E-state index in [2.05, 4.69) is 5.32 Å². The highest BCUT2D eigenvalue weighted by atomic mass is 35.5. The molecule has 1 unspecified atom stereocenters. The number of carbonyl (C=O) groups excluding carboxylic acids is 1. The summed E-state index contributed by atoms with van der Waals surface area (Å²) >= 11 is 6.04. The SMILES string of the molecule is CNC(=O)c1ccc(C(F)(F)F)cc1C(O)(c1ccc(Cl)cc1)c1ccccc1CN(C)C. The molecule has 3 aromatic carbocycles. The van der Waals surface area contributed by atoms with Gasteiger partial charge in [0.15, 0.2) is 0 Å². The van der Waals surface area contributed by atoms with Crippen LogP contribution < -0.4 is 5.32 Å². The van der Waals surface area contributed by atoms with Gasteiger partial charge < -0.3 is 15.3 Å². The number of aliphatic hydroxyl groups is 1. The summed E-state index contributed by atoms with van der Waals surface area (Å²) in [5.74, 6) is -0.615. The number of benzene rings is 3. The summed E-state index contributed by atoms with van der Waals surface area (Å²) in [5.41, 5.74) is -1.94. The predicted octanol–water partition coefficient (Wildman–Crippen LogP) is 5.06. The summed E-state index contributed by atoms with van der Waals surface area (Å²) in [6.07, 6.45) is -4.67. The van der Waals surface area contributed by atoms with E-state index in [1.165, 1.54) is 7.05 Å². The Morgan fingerprint density at radius 1 is 0.970 bits per heavy atom. The lowest BCUT2D eigenvalue weighted by Gasteiger charge is -2.34. The number of amides is 1. The molecule has 0 bridgehead atoms. The Morgan fingerprint density at radius 2 is 1.58 bits per heavy atom. The van der Waals surface area contributed by atoms with Gasteiger partial charge in [0.2, 0.25) is 0 Å². The molecule has 4 nitrogen and oxygen atoms in total. The molecule has 0 spiro atoms. The second-order valence-electron chi connectivity index (χ2n) is 7.95. The van der Waals surface area contributed by atoms with Gasteiger partial charge in [-0.05, 0) is 61.1 Å². The molecule has 3 aromatic rings. The zero-order chi connectivity index (χ0) is 24.4. The Morgan fingerprint density at radius 3 is 2.15 bits per heavy atom. The average molecular weight is 477 g/mol. The lowest BCUT2D eigenvalue weighted by molar-refractivity contribution is -0.137. The number of rotatable bonds is 6. The van der Waals surface area contributed by atoms with Gasteiger partial charge in [0, 0.05) is 29.7 Å². The summed E-state index contributed by atoms with van der Waals surface area (Å²) in [6, 6.07) is 15.9. The van der Waals surface area contributed by atoms with Gasteiger partial charge >= 0.3 is 6.18 Å². The maximum atomic E-state index is 13.7. The molecule has 0 fully saturated rings. The summed E-state index contributed by atoms with van der Waals surface area (Å²) in [7, 11) is 5.07. The number of hydrogen-bond acceptors (Lipinski definition) is 3. The molecule has 0 saturated carbocycles. The smallest absolute Gasteiger partial charge is 0.376 e. The number of nitrogens with one attached hydrogen (secondary N) is 1. The number of hydrogen-bond donors (Lipinski definition) is 2. The summed E-state index contributed by atoms with van der Waals surface area (Å²) in [4.78, 5) is 14.6. The van der Waals surface area contributed by atoms with Crippen molar-refractivity contribution in [3.05, 3.63) is 105 Å². The first-order valence-corrected chi connectivity index (χ1v) is 10.5. The second-order valence-corrected chi connectivity index (χ2v) is 8.39. The van der Waals surface area contributed by atoms with Crippen molar-refractivity contribution >= 4 is 17.5 Å². The normalized spacial score (nSPS) is 13.6. The largest absolute Gasteiger partial charge is 0.416 e. The first-order valence-electron chi connectivity index (χ1n) is 10.1. The number of alkyl halides is 3. The Kier molecular flexibility index (Phi) is 7.17. The molecule has 3 rings (SSSR count). The number of nitrogens with zero attached hydrogens (tertiary/aromatic N) is 1. The molecular formula is C25H24ClF3N2O2. The fourth-order valence-corrected chi connectivity index (χ4v) is 3.98. The van der Waals surface area contributed by atoms with Gasteiger partial charge in [0.1, 0.15) is 5.60 Å². The van der Waals surface area contributed by atoms with Crippen molar-refractivity contribution in [2.45, 2.75) is 18.3 Å². The number of carbonyl (C=O) groups is 1. The van der Waals surface area contributed by atoms with Gasteiger partial charge in [-0.1, -0.05) is 48.0 Å². The van der Waals surface area contributed by atoms with Crippen LogP contribution in [0.15, 0.2) is 66.7 Å². The van der Waals surface area contributed by atoms with Crippen molar-refractivity contribution < 1.29 is 23.1 Å². The third-order valence-corrected chi connectivity index (χ3v) is 5.62. The van der Waals surface area contributed by atoms with Crippen molar-refractivity contribution in [2.24, 2.45) is 0 Å². The molecule has 33 heavy (non-hydrogen) atoms. The molecule has 2 N–H and O–H groups in total. The Hall–Kier alpha value is -2.87. The minimum atomic E-state index is -4.67. The van der Waals surface area contributed by atoms with Crippen LogP contribution in [0.5, 0.6) is 0 Å². The van der Waals surface area contributed by atoms with Crippen molar-refractivity contribution in [3.63, 3.8) is 0 Å². The molecule has 8 heteroatoms. The highest BCUT2D eigenvalue weighted by molar-refractivity contribution is 6.30. The first kappa shape index (κ1) is 24.8. The highest BCUT2D eigenvalue weighted by Crippen LogP contribution is 2.42. The lowest BCUT2D eigenvalue weighted by Crippen LogP contribution is -2.35. The Bertz CT molecular complexity index is 1150. The van der Waals surface area contributed by atoms with Gasteiger partial charge in [0.05, 0.1) is 5.56 Å². The monoisotopic (exact) mass is 476 g/mol. The van der Waals surface area contributed by atoms with E-state index in [1.54, 1.807) is 48.5 Å². The average Bonchev–Trinajstić information content (AvgIpc) is 2.77. The molecular weight excluding hydrogens is 453 g/mol. The topological polar surface area (TPSA) is 52.6 Å². The van der Waals surface area contributed by atoms with Crippen LogP contribution in [-0.2, 0) is 18.3 Å². The minimum Gasteiger partial charge on any atom is -0.376 e. The Balaban J connectivity index is 2.44. The van der Waals surface area contributed by atoms with E-state index in [0.717, 1.165) is 18.2 Å². The molecule has 1 amide bonds. The minimum absolute atomic E-state index is 0.0670. The van der Waals surface area contributed by atoms with Crippen LogP contribution in [0.1, 0.15) is 38.2 Å². The van der Waals surface area contributed by atoms with E-state index in [0.29, 0.717) is 22.7 Å². The maximum absolute atomic E-state index is 13.7. The van der Waals surface area contributed by atoms with Gasteiger partial charge in [-0.15, -0.1) is 0 Å². The Labute approximate surface area is 195 Å². The maximum Gasteiger partial charge on any atom is 0.416 e. The molecule has 174 valence electrons. The molecule has 0 radical (unpaired) electrons. The van der Waals surface area contributed by atoms with E-state index in [1.807, 2.05) is 19.0 Å². The zero-order valence-corrected chi connectivity index (χ0v) is 19.1. The van der Waals surface area contributed by atoms with Crippen LogP contribution in [0.4, 0.5) is 13.2 Å². The lowest BCUT2D eigenvalue weighted by atomic mass is 9.76. The van der Waals surface area contributed by atoms with E-state index < -0.39 is 23.2 Å². The van der Waals surface area contributed by atoms with Crippen LogP contribution in [-0.4, -0.2) is 37.1 Å². The molecule has 0 heterocycles. The van der Waals surface area contributed by atoms with E-state index >= 15 is 0 Å². The molecule has 0 aliphatic carbocycles. The van der Waals surface area contributed by atoms with Crippen LogP contribution in [0.3, 0.4) is 0 Å². The van der Waals surface area contributed by atoms with Crippen molar-refractivity contribution in [1.82, 2.24) is 10.2 Å². The van der Waals surface area contributed by atoms with Gasteiger partial charge in [0.25, 0.3) is 5.91 Å². The standard InChI is InChI=1S/C25H24ClF3N2O2/c1-30-23(32)20-13-10-18(25(27,28)29)14-22(20)24(33,17-8-11-19(26)12-9-17)21-7-5-4-6-16(21)15-31(2)3/h4-14,33H,15H2,1-3H3,(H,30,32). The third kappa shape index (κ3) is 5.05. The van der Waals surface area contributed by atoms with E-state index in [-0.39, 0.29) is 16.7 Å². The zero-order valence-electron chi connectivity index (χ0n) is 18.4. The van der Waals surface area contributed by atoms with Gasteiger partial charge in [-0.25, -0.2) is 0 Å². The van der Waals surface area contributed by atoms with Gasteiger partial charge in [-0.2, -0.15) is 13.2 Å². The second kappa shape index (κ2) is 9.55.